The average Bonchev–Trinajstić information content (AvgIpc) is 3.28. The van der Waals surface area contributed by atoms with Gasteiger partial charge in [0.05, 0.1) is 10.4 Å². The van der Waals surface area contributed by atoms with E-state index in [0.717, 1.165) is 73.0 Å². The summed E-state index contributed by atoms with van der Waals surface area (Å²) in [6.45, 7) is 5.54. The number of carbonyl (C=O) groups is 1. The molecule has 1 N–H and O–H groups in total. The number of aryl methyl sites for hydroxylation is 2. The van der Waals surface area contributed by atoms with Crippen molar-refractivity contribution in [1.29, 1.82) is 0 Å². The van der Waals surface area contributed by atoms with Crippen LogP contribution in [-0.2, 0) is 7.05 Å². The second-order valence-corrected chi connectivity index (χ2v) is 7.76. The Bertz CT molecular complexity index is 705. The Morgan fingerprint density at radius 1 is 1.17 bits per heavy atom. The molecule has 2 saturated heterocycles. The quantitative estimate of drug-likeness (QED) is 0.905. The van der Waals surface area contributed by atoms with Crippen LogP contribution in [0.1, 0.15) is 31.4 Å². The topological polar surface area (TPSA) is 66.3 Å². The molecule has 2 aromatic rings. The van der Waals surface area contributed by atoms with Gasteiger partial charge in [-0.2, -0.15) is 5.10 Å². The van der Waals surface area contributed by atoms with Crippen LogP contribution in [0.15, 0.2) is 0 Å². The van der Waals surface area contributed by atoms with Gasteiger partial charge >= 0.3 is 6.03 Å². The normalized spacial score (nSPS) is 19.4. The molecule has 0 saturated carbocycles. The first-order valence-electron chi connectivity index (χ1n) is 8.72. The predicted octanol–water partition coefficient (Wildman–Crippen LogP) is 2.43. The summed E-state index contributed by atoms with van der Waals surface area (Å²) >= 11 is 1.67. The summed E-state index contributed by atoms with van der Waals surface area (Å²) in [7, 11) is 1.93. The van der Waals surface area contributed by atoms with Gasteiger partial charge in [-0.05, 0) is 32.6 Å². The Labute approximate surface area is 145 Å². The second-order valence-electron chi connectivity index (χ2n) is 6.76. The number of likely N-dealkylation sites (tertiary alicyclic amines) is 2. The van der Waals surface area contributed by atoms with Gasteiger partial charge < -0.3 is 15.1 Å². The van der Waals surface area contributed by atoms with Gasteiger partial charge in [-0.3, -0.25) is 0 Å². The van der Waals surface area contributed by atoms with Crippen LogP contribution in [0.5, 0.6) is 0 Å². The third-order valence-electron chi connectivity index (χ3n) is 5.01. The van der Waals surface area contributed by atoms with Crippen molar-refractivity contribution in [3.05, 3.63) is 5.69 Å². The largest absolute Gasteiger partial charge is 0.359 e. The summed E-state index contributed by atoms with van der Waals surface area (Å²) in [6, 6.07) is 0.620. The number of urea groups is 1. The van der Waals surface area contributed by atoms with Crippen molar-refractivity contribution in [2.24, 2.45) is 7.05 Å². The predicted molar refractivity (Wildman–Crippen MR) is 95.5 cm³/mol. The Morgan fingerprint density at radius 2 is 1.83 bits per heavy atom. The molecule has 2 aliphatic heterocycles. The van der Waals surface area contributed by atoms with Gasteiger partial charge in [0.2, 0.25) is 0 Å². The summed E-state index contributed by atoms with van der Waals surface area (Å²) in [5.74, 6) is 0. The highest BCUT2D eigenvalue weighted by Gasteiger charge is 2.28. The zero-order chi connectivity index (χ0) is 16.7. The SMILES string of the molecule is Cc1nn(C)c2nc(NC3CCN(C(=O)N4CCCC4)CC3)sc12. The van der Waals surface area contributed by atoms with Gasteiger partial charge in [0, 0.05) is 39.3 Å². The van der Waals surface area contributed by atoms with Crippen LogP contribution in [0.25, 0.3) is 10.3 Å². The monoisotopic (exact) mass is 348 g/mol. The zero-order valence-corrected chi connectivity index (χ0v) is 15.1. The lowest BCUT2D eigenvalue weighted by molar-refractivity contribution is 0.150. The molecule has 7 nitrogen and oxygen atoms in total. The molecule has 0 aromatic carbocycles. The molecule has 2 aliphatic rings. The van der Waals surface area contributed by atoms with Gasteiger partial charge in [0.25, 0.3) is 0 Å². The number of hydrogen-bond donors (Lipinski definition) is 1. The third-order valence-corrected chi connectivity index (χ3v) is 6.10. The Hall–Kier alpha value is -1.83. The fourth-order valence-corrected chi connectivity index (χ4v) is 4.65. The molecular formula is C16H24N6OS. The summed E-state index contributed by atoms with van der Waals surface area (Å²) in [6.07, 6.45) is 4.25. The minimum Gasteiger partial charge on any atom is -0.359 e. The maximum atomic E-state index is 12.4. The Morgan fingerprint density at radius 3 is 2.50 bits per heavy atom. The zero-order valence-electron chi connectivity index (χ0n) is 14.3. The van der Waals surface area contributed by atoms with E-state index in [2.05, 4.69) is 15.4 Å². The van der Waals surface area contributed by atoms with Crippen LogP contribution in [-0.4, -0.2) is 62.8 Å². The minimum atomic E-state index is 0.229. The van der Waals surface area contributed by atoms with E-state index < -0.39 is 0 Å². The second kappa shape index (κ2) is 6.23. The molecule has 0 radical (unpaired) electrons. The smallest absolute Gasteiger partial charge is 0.319 e. The highest BCUT2D eigenvalue weighted by atomic mass is 32.1. The molecule has 130 valence electrons. The lowest BCUT2D eigenvalue weighted by atomic mass is 10.1. The molecule has 2 fully saturated rings. The number of piperidine rings is 1. The lowest BCUT2D eigenvalue weighted by Crippen LogP contribution is -2.47. The molecule has 0 bridgehead atoms. The van der Waals surface area contributed by atoms with E-state index in [1.54, 1.807) is 11.3 Å². The van der Waals surface area contributed by atoms with E-state index >= 15 is 0 Å². The van der Waals surface area contributed by atoms with Crippen LogP contribution in [0.2, 0.25) is 0 Å². The van der Waals surface area contributed by atoms with E-state index in [1.807, 2.05) is 28.5 Å². The van der Waals surface area contributed by atoms with Crippen LogP contribution in [0.3, 0.4) is 0 Å². The fourth-order valence-electron chi connectivity index (χ4n) is 3.64. The van der Waals surface area contributed by atoms with E-state index in [1.165, 1.54) is 0 Å². The minimum absolute atomic E-state index is 0.229. The maximum Gasteiger partial charge on any atom is 0.319 e. The fraction of sp³-hybridized carbons (Fsp3) is 0.688. The first-order valence-corrected chi connectivity index (χ1v) is 9.54. The number of aromatic nitrogens is 3. The summed E-state index contributed by atoms with van der Waals surface area (Å²) < 4.78 is 2.99. The molecule has 0 atom stereocenters. The summed E-state index contributed by atoms with van der Waals surface area (Å²) in [5, 5.41) is 8.91. The van der Waals surface area contributed by atoms with Gasteiger partial charge in [-0.15, -0.1) is 0 Å². The molecule has 4 heterocycles. The van der Waals surface area contributed by atoms with Crippen molar-refractivity contribution >= 4 is 32.8 Å². The van der Waals surface area contributed by atoms with Gasteiger partial charge in [0.1, 0.15) is 0 Å². The summed E-state index contributed by atoms with van der Waals surface area (Å²) in [4.78, 5) is 21.1. The lowest BCUT2D eigenvalue weighted by Gasteiger charge is -2.34. The van der Waals surface area contributed by atoms with Gasteiger partial charge in [-0.25, -0.2) is 14.5 Å². The number of fused-ring (bicyclic) bond motifs is 1. The van der Waals surface area contributed by atoms with Crippen LogP contribution in [0, 0.1) is 6.92 Å². The molecule has 0 aliphatic carbocycles. The van der Waals surface area contributed by atoms with E-state index in [-0.39, 0.29) is 6.03 Å². The molecule has 2 amide bonds. The number of nitrogens with one attached hydrogen (secondary N) is 1. The van der Waals surface area contributed by atoms with Crippen molar-refractivity contribution in [1.82, 2.24) is 24.6 Å². The molecule has 0 spiro atoms. The Balaban J connectivity index is 1.35. The van der Waals surface area contributed by atoms with Crippen molar-refractivity contribution in [3.63, 3.8) is 0 Å². The van der Waals surface area contributed by atoms with Gasteiger partial charge in [0.15, 0.2) is 10.8 Å². The van der Waals surface area contributed by atoms with Crippen LogP contribution >= 0.6 is 11.3 Å². The molecule has 24 heavy (non-hydrogen) atoms. The maximum absolute atomic E-state index is 12.4. The van der Waals surface area contributed by atoms with Crippen molar-refractivity contribution in [2.45, 2.75) is 38.6 Å². The number of carbonyl (C=O) groups excluding carboxylic acids is 1. The van der Waals surface area contributed by atoms with E-state index in [0.29, 0.717) is 6.04 Å². The third kappa shape index (κ3) is 2.83. The number of thiazole rings is 1. The average molecular weight is 348 g/mol. The van der Waals surface area contributed by atoms with E-state index in [9.17, 15) is 4.79 Å². The number of anilines is 1. The summed E-state index contributed by atoms with van der Waals surface area (Å²) in [5.41, 5.74) is 1.98. The van der Waals surface area contributed by atoms with Gasteiger partial charge in [-0.1, -0.05) is 11.3 Å². The highest BCUT2D eigenvalue weighted by molar-refractivity contribution is 7.22. The van der Waals surface area contributed by atoms with E-state index in [4.69, 9.17) is 0 Å². The molecule has 4 rings (SSSR count). The standard InChI is InChI=1S/C16H24N6OS/c1-11-13-14(20(2)19-11)18-15(24-13)17-12-5-9-22(10-6-12)16(23)21-7-3-4-8-21/h12H,3-10H2,1-2H3,(H,17,18). The van der Waals surface area contributed by atoms with Crippen molar-refractivity contribution in [2.75, 3.05) is 31.5 Å². The number of hydrogen-bond acceptors (Lipinski definition) is 5. The van der Waals surface area contributed by atoms with Crippen molar-refractivity contribution < 1.29 is 4.79 Å². The molecule has 0 unspecified atom stereocenters. The molecule has 2 aromatic heterocycles. The number of nitrogens with zero attached hydrogens (tertiary/aromatic N) is 5. The first-order chi connectivity index (χ1) is 11.6. The van der Waals surface area contributed by atoms with Crippen LogP contribution in [0.4, 0.5) is 9.93 Å². The Kier molecular flexibility index (Phi) is 4.07. The molecular weight excluding hydrogens is 324 g/mol. The van der Waals surface area contributed by atoms with Crippen LogP contribution < -0.4 is 5.32 Å². The number of amides is 2. The van der Waals surface area contributed by atoms with Crippen molar-refractivity contribution in [3.8, 4) is 0 Å². The molecule has 8 heteroatoms. The highest BCUT2D eigenvalue weighted by Crippen LogP contribution is 2.29. The first kappa shape index (κ1) is 15.7. The number of rotatable bonds is 2.